The van der Waals surface area contributed by atoms with Crippen molar-refractivity contribution in [2.45, 2.75) is 18.6 Å². The zero-order valence-electron chi connectivity index (χ0n) is 16.4. The third kappa shape index (κ3) is 6.56. The Labute approximate surface area is 176 Å². The van der Waals surface area contributed by atoms with Crippen molar-refractivity contribution >= 4 is 23.4 Å². The molecule has 2 amide bonds. The standard InChI is InChI=1S/C22H26ClN3O3/c1-26-11-12-29-19(15-26)22(17-7-9-18(23)10-8-17)25-21(28)14-24-20(27)13-16-5-3-2-4-6-16/h2-10,19,22H,11-15H2,1H3,(H,24,27)(H,25,28)/t19-,22+/m0/s1. The van der Waals surface area contributed by atoms with E-state index >= 15 is 0 Å². The molecule has 0 saturated carbocycles. The van der Waals surface area contributed by atoms with Gasteiger partial charge in [-0.15, -0.1) is 0 Å². The Hall–Kier alpha value is -2.41. The number of morpholine rings is 1. The first kappa shape index (κ1) is 21.3. The molecular formula is C22H26ClN3O3. The Bertz CT molecular complexity index is 814. The summed E-state index contributed by atoms with van der Waals surface area (Å²) in [4.78, 5) is 26.8. The molecule has 0 aliphatic carbocycles. The van der Waals surface area contributed by atoms with Crippen LogP contribution in [0.4, 0.5) is 0 Å². The van der Waals surface area contributed by atoms with Gasteiger partial charge in [0.25, 0.3) is 0 Å². The number of carbonyl (C=O) groups is 2. The second-order valence-corrected chi connectivity index (χ2v) is 7.64. The van der Waals surface area contributed by atoms with Gasteiger partial charge in [0, 0.05) is 18.1 Å². The number of nitrogens with zero attached hydrogens (tertiary/aromatic N) is 1. The Morgan fingerprint density at radius 2 is 1.86 bits per heavy atom. The maximum Gasteiger partial charge on any atom is 0.239 e. The zero-order valence-corrected chi connectivity index (χ0v) is 17.2. The van der Waals surface area contributed by atoms with Crippen molar-refractivity contribution in [3.63, 3.8) is 0 Å². The molecule has 0 aromatic heterocycles. The van der Waals surface area contributed by atoms with Gasteiger partial charge in [-0.2, -0.15) is 0 Å². The molecule has 154 valence electrons. The summed E-state index contributed by atoms with van der Waals surface area (Å²) in [5.74, 6) is -0.453. The van der Waals surface area contributed by atoms with Crippen LogP contribution < -0.4 is 10.6 Å². The number of rotatable bonds is 7. The van der Waals surface area contributed by atoms with E-state index in [2.05, 4.69) is 15.5 Å². The number of hydrogen-bond acceptors (Lipinski definition) is 4. The highest BCUT2D eigenvalue weighted by Gasteiger charge is 2.29. The molecule has 0 spiro atoms. The molecule has 1 heterocycles. The second kappa shape index (κ2) is 10.4. The lowest BCUT2D eigenvalue weighted by molar-refractivity contribution is -0.127. The van der Waals surface area contributed by atoms with Crippen LogP contribution in [-0.4, -0.2) is 56.1 Å². The molecular weight excluding hydrogens is 390 g/mol. The van der Waals surface area contributed by atoms with Crippen LogP contribution >= 0.6 is 11.6 Å². The molecule has 1 aliphatic rings. The van der Waals surface area contributed by atoms with E-state index < -0.39 is 0 Å². The molecule has 2 aromatic carbocycles. The molecule has 3 rings (SSSR count). The zero-order chi connectivity index (χ0) is 20.6. The molecule has 0 radical (unpaired) electrons. The van der Waals surface area contributed by atoms with E-state index in [0.29, 0.717) is 18.2 Å². The summed E-state index contributed by atoms with van der Waals surface area (Å²) in [6.45, 7) is 2.08. The van der Waals surface area contributed by atoms with E-state index in [0.717, 1.165) is 17.7 Å². The van der Waals surface area contributed by atoms with Gasteiger partial charge in [-0.3, -0.25) is 9.59 Å². The molecule has 29 heavy (non-hydrogen) atoms. The maximum absolute atomic E-state index is 12.6. The Morgan fingerprint density at radius 1 is 1.14 bits per heavy atom. The number of ether oxygens (including phenoxy) is 1. The minimum absolute atomic E-state index is 0.0850. The molecule has 0 unspecified atom stereocenters. The number of amides is 2. The summed E-state index contributed by atoms with van der Waals surface area (Å²) in [5.41, 5.74) is 1.82. The van der Waals surface area contributed by atoms with Crippen molar-refractivity contribution < 1.29 is 14.3 Å². The van der Waals surface area contributed by atoms with Crippen LogP contribution in [-0.2, 0) is 20.7 Å². The first-order valence-corrected chi connectivity index (χ1v) is 10.0. The summed E-state index contributed by atoms with van der Waals surface area (Å²) in [6.07, 6.45) is 0.0598. The van der Waals surface area contributed by atoms with Gasteiger partial charge >= 0.3 is 0 Å². The van der Waals surface area contributed by atoms with E-state index in [-0.39, 0.29) is 36.9 Å². The fourth-order valence-corrected chi connectivity index (χ4v) is 3.45. The molecule has 7 heteroatoms. The van der Waals surface area contributed by atoms with Gasteiger partial charge in [-0.05, 0) is 30.3 Å². The Balaban J connectivity index is 1.60. The number of hydrogen-bond donors (Lipinski definition) is 2. The highest BCUT2D eigenvalue weighted by molar-refractivity contribution is 6.30. The SMILES string of the molecule is CN1CCO[C@H]([C@H](NC(=O)CNC(=O)Cc2ccccc2)c2ccc(Cl)cc2)C1. The molecule has 1 aliphatic heterocycles. The molecule has 1 fully saturated rings. The average molecular weight is 416 g/mol. The van der Waals surface area contributed by atoms with Crippen LogP contribution in [0.3, 0.4) is 0 Å². The number of carbonyl (C=O) groups excluding carboxylic acids is 2. The number of benzene rings is 2. The predicted octanol–water partition coefficient (Wildman–Crippen LogP) is 2.19. The van der Waals surface area contributed by atoms with E-state index in [1.165, 1.54) is 0 Å². The minimum atomic E-state index is -0.325. The second-order valence-electron chi connectivity index (χ2n) is 7.21. The van der Waals surface area contributed by atoms with Crippen molar-refractivity contribution in [2.75, 3.05) is 33.3 Å². The van der Waals surface area contributed by atoms with E-state index in [1.54, 1.807) is 12.1 Å². The topological polar surface area (TPSA) is 70.7 Å². The summed E-state index contributed by atoms with van der Waals surface area (Å²) in [7, 11) is 2.03. The van der Waals surface area contributed by atoms with Crippen molar-refractivity contribution in [1.82, 2.24) is 15.5 Å². The van der Waals surface area contributed by atoms with Gasteiger partial charge in [0.15, 0.2) is 0 Å². The lowest BCUT2D eigenvalue weighted by atomic mass is 10.00. The quantitative estimate of drug-likeness (QED) is 0.727. The number of nitrogens with one attached hydrogen (secondary N) is 2. The predicted molar refractivity (Wildman–Crippen MR) is 113 cm³/mol. The van der Waals surface area contributed by atoms with Crippen LogP contribution in [0.5, 0.6) is 0 Å². The summed E-state index contributed by atoms with van der Waals surface area (Å²) >= 11 is 6.01. The van der Waals surface area contributed by atoms with Crippen molar-refractivity contribution in [3.05, 3.63) is 70.7 Å². The van der Waals surface area contributed by atoms with Gasteiger partial charge in [-0.1, -0.05) is 54.1 Å². The Morgan fingerprint density at radius 3 is 2.55 bits per heavy atom. The van der Waals surface area contributed by atoms with E-state index in [1.807, 2.05) is 49.5 Å². The van der Waals surface area contributed by atoms with Crippen LogP contribution in [0.2, 0.25) is 5.02 Å². The first-order valence-electron chi connectivity index (χ1n) is 9.67. The summed E-state index contributed by atoms with van der Waals surface area (Å²) < 4.78 is 5.92. The van der Waals surface area contributed by atoms with Crippen LogP contribution in [0.25, 0.3) is 0 Å². The maximum atomic E-state index is 12.6. The molecule has 2 N–H and O–H groups in total. The third-order valence-electron chi connectivity index (χ3n) is 4.87. The number of likely N-dealkylation sites (N-methyl/N-ethyl adjacent to an activating group) is 1. The van der Waals surface area contributed by atoms with Gasteiger partial charge in [-0.25, -0.2) is 0 Å². The van der Waals surface area contributed by atoms with Gasteiger partial charge < -0.3 is 20.3 Å². The summed E-state index contributed by atoms with van der Waals surface area (Å²) in [5, 5.41) is 6.33. The first-order chi connectivity index (χ1) is 14.0. The van der Waals surface area contributed by atoms with Crippen LogP contribution in [0.1, 0.15) is 17.2 Å². The lowest BCUT2D eigenvalue weighted by Gasteiger charge is -2.35. The molecule has 6 nitrogen and oxygen atoms in total. The van der Waals surface area contributed by atoms with E-state index in [4.69, 9.17) is 16.3 Å². The molecule has 2 atom stereocenters. The lowest BCUT2D eigenvalue weighted by Crippen LogP contribution is -2.49. The molecule has 1 saturated heterocycles. The van der Waals surface area contributed by atoms with Crippen molar-refractivity contribution in [1.29, 1.82) is 0 Å². The van der Waals surface area contributed by atoms with E-state index in [9.17, 15) is 9.59 Å². The smallest absolute Gasteiger partial charge is 0.239 e. The van der Waals surface area contributed by atoms with Gasteiger partial charge in [0.05, 0.1) is 31.7 Å². The highest BCUT2D eigenvalue weighted by Crippen LogP contribution is 2.23. The van der Waals surface area contributed by atoms with Gasteiger partial charge in [0.1, 0.15) is 0 Å². The third-order valence-corrected chi connectivity index (χ3v) is 5.12. The average Bonchev–Trinajstić information content (AvgIpc) is 2.72. The molecule has 2 aromatic rings. The summed E-state index contributed by atoms with van der Waals surface area (Å²) in [6, 6.07) is 16.5. The Kier molecular flexibility index (Phi) is 7.63. The number of halogens is 1. The molecule has 0 bridgehead atoms. The highest BCUT2D eigenvalue weighted by atomic mass is 35.5. The minimum Gasteiger partial charge on any atom is -0.373 e. The monoisotopic (exact) mass is 415 g/mol. The van der Waals surface area contributed by atoms with Crippen molar-refractivity contribution in [3.8, 4) is 0 Å². The normalized spacial score (nSPS) is 18.1. The fraction of sp³-hybridized carbons (Fsp3) is 0.364. The largest absolute Gasteiger partial charge is 0.373 e. The fourth-order valence-electron chi connectivity index (χ4n) is 3.32. The van der Waals surface area contributed by atoms with Gasteiger partial charge in [0.2, 0.25) is 11.8 Å². The van der Waals surface area contributed by atoms with Crippen LogP contribution in [0, 0.1) is 0 Å². The van der Waals surface area contributed by atoms with Crippen LogP contribution in [0.15, 0.2) is 54.6 Å². The van der Waals surface area contributed by atoms with Crippen molar-refractivity contribution in [2.24, 2.45) is 0 Å².